The summed E-state index contributed by atoms with van der Waals surface area (Å²) in [6.45, 7) is 7.14. The van der Waals surface area contributed by atoms with E-state index in [1.807, 2.05) is 0 Å². The predicted octanol–water partition coefficient (Wildman–Crippen LogP) is 1.95. The van der Waals surface area contributed by atoms with Crippen molar-refractivity contribution in [1.82, 2.24) is 4.90 Å². The number of benzene rings is 1. The third kappa shape index (κ3) is 6.56. The molecule has 13 heteroatoms. The van der Waals surface area contributed by atoms with Crippen molar-refractivity contribution in [2.45, 2.75) is 51.6 Å². The lowest BCUT2D eigenvalue weighted by molar-refractivity contribution is -0.158. The van der Waals surface area contributed by atoms with Crippen LogP contribution in [0.1, 0.15) is 45.0 Å². The number of rotatable bonds is 6. The zero-order chi connectivity index (χ0) is 26.1. The number of amides is 1. The van der Waals surface area contributed by atoms with Crippen LogP contribution in [0.2, 0.25) is 0 Å². The number of hydrogen-bond acceptors (Lipinski definition) is 11. The molecule has 0 bridgehead atoms. The van der Waals surface area contributed by atoms with E-state index in [0.29, 0.717) is 11.3 Å². The molecule has 36 heavy (non-hydrogen) atoms. The first-order valence-electron chi connectivity index (χ1n) is 10.6. The first kappa shape index (κ1) is 29.1. The van der Waals surface area contributed by atoms with Gasteiger partial charge in [-0.1, -0.05) is 0 Å². The smallest absolute Gasteiger partial charge is 0.355 e. The van der Waals surface area contributed by atoms with Gasteiger partial charge in [-0.05, 0) is 39.0 Å². The SMILES string of the molecule is CC(=O)Oc1ccc(C(=O)OCC2=C(C(=O)OC(C)(C)C)N3C(=O)[C@@H](N)[C@H]3SC2)cc1OC(C)=O.Cl. The third-order valence-corrected chi connectivity index (χ3v) is 6.11. The minimum absolute atomic E-state index is 0. The van der Waals surface area contributed by atoms with Gasteiger partial charge >= 0.3 is 23.9 Å². The van der Waals surface area contributed by atoms with E-state index >= 15 is 0 Å². The lowest BCUT2D eigenvalue weighted by Crippen LogP contribution is -2.68. The van der Waals surface area contributed by atoms with Crippen LogP contribution in [0.4, 0.5) is 0 Å². The molecule has 196 valence electrons. The molecule has 11 nitrogen and oxygen atoms in total. The van der Waals surface area contributed by atoms with E-state index in [-0.39, 0.29) is 41.8 Å². The molecule has 0 radical (unpaired) electrons. The lowest BCUT2D eigenvalue weighted by Gasteiger charge is -2.48. The number of fused-ring (bicyclic) bond motifs is 1. The van der Waals surface area contributed by atoms with Crippen molar-refractivity contribution < 1.29 is 42.9 Å². The Morgan fingerprint density at radius 2 is 1.67 bits per heavy atom. The highest BCUT2D eigenvalue weighted by Gasteiger charge is 2.52. The summed E-state index contributed by atoms with van der Waals surface area (Å²) in [6, 6.07) is 3.11. The minimum Gasteiger partial charge on any atom is -0.457 e. The second-order valence-electron chi connectivity index (χ2n) is 8.81. The Morgan fingerprint density at radius 3 is 2.25 bits per heavy atom. The minimum atomic E-state index is -0.807. The van der Waals surface area contributed by atoms with Gasteiger partial charge in [0.25, 0.3) is 0 Å². The fourth-order valence-electron chi connectivity index (χ4n) is 3.35. The molecule has 0 spiro atoms. The van der Waals surface area contributed by atoms with E-state index in [1.54, 1.807) is 20.8 Å². The standard InChI is InChI=1S/C23H26N2O9S.ClH/c1-11(26)32-15-7-6-13(8-16(15)33-12(2)27)21(29)31-9-14-10-35-20-17(24)19(28)25(20)18(14)22(30)34-23(3,4)5;/h6-8,17,20H,9-10,24H2,1-5H3;1H/t17-,20-;/m1./s1. The highest BCUT2D eigenvalue weighted by atomic mass is 35.5. The molecular weight excluding hydrogens is 516 g/mol. The van der Waals surface area contributed by atoms with Crippen LogP contribution < -0.4 is 15.2 Å². The lowest BCUT2D eigenvalue weighted by atomic mass is 10.0. The molecule has 1 fully saturated rings. The largest absolute Gasteiger partial charge is 0.457 e. The van der Waals surface area contributed by atoms with Crippen LogP contribution in [0.15, 0.2) is 29.5 Å². The van der Waals surface area contributed by atoms with Gasteiger partial charge in [0.05, 0.1) is 5.56 Å². The summed E-state index contributed by atoms with van der Waals surface area (Å²) in [5.41, 5.74) is 5.49. The summed E-state index contributed by atoms with van der Waals surface area (Å²) in [7, 11) is 0. The number of nitrogens with two attached hydrogens (primary N) is 1. The van der Waals surface area contributed by atoms with Crippen LogP contribution in [0, 0.1) is 0 Å². The Bertz CT molecular complexity index is 1130. The van der Waals surface area contributed by atoms with E-state index in [4.69, 9.17) is 24.7 Å². The molecule has 2 atom stereocenters. The highest BCUT2D eigenvalue weighted by molar-refractivity contribution is 8.00. The topological polar surface area (TPSA) is 152 Å². The van der Waals surface area contributed by atoms with Crippen molar-refractivity contribution in [2.75, 3.05) is 12.4 Å². The van der Waals surface area contributed by atoms with E-state index in [2.05, 4.69) is 0 Å². The van der Waals surface area contributed by atoms with Crippen molar-refractivity contribution >= 4 is 54.0 Å². The Labute approximate surface area is 218 Å². The van der Waals surface area contributed by atoms with Gasteiger partial charge in [-0.25, -0.2) is 9.59 Å². The van der Waals surface area contributed by atoms with Crippen LogP contribution in [0.3, 0.4) is 0 Å². The van der Waals surface area contributed by atoms with Gasteiger partial charge in [0.1, 0.15) is 29.3 Å². The summed E-state index contributed by atoms with van der Waals surface area (Å²) < 4.78 is 20.9. The van der Waals surface area contributed by atoms with Crippen molar-refractivity contribution in [1.29, 1.82) is 0 Å². The summed E-state index contributed by atoms with van der Waals surface area (Å²) >= 11 is 1.35. The first-order valence-corrected chi connectivity index (χ1v) is 11.7. The van der Waals surface area contributed by atoms with Gasteiger partial charge in [0.2, 0.25) is 5.91 Å². The summed E-state index contributed by atoms with van der Waals surface area (Å²) in [4.78, 5) is 62.0. The van der Waals surface area contributed by atoms with Gasteiger partial charge < -0.3 is 24.7 Å². The molecule has 0 aliphatic carbocycles. The van der Waals surface area contributed by atoms with Gasteiger partial charge in [0, 0.05) is 25.2 Å². The monoisotopic (exact) mass is 542 g/mol. The number of carbonyl (C=O) groups is 5. The van der Waals surface area contributed by atoms with E-state index in [9.17, 15) is 24.0 Å². The summed E-state index contributed by atoms with van der Waals surface area (Å²) in [5.74, 6) is -3.10. The Hall–Kier alpha value is -3.09. The Kier molecular flexibility index (Phi) is 9.16. The van der Waals surface area contributed by atoms with Gasteiger partial charge in [0.15, 0.2) is 11.5 Å². The predicted molar refractivity (Wildman–Crippen MR) is 131 cm³/mol. The van der Waals surface area contributed by atoms with Gasteiger partial charge in [-0.2, -0.15) is 0 Å². The molecule has 3 rings (SSSR count). The molecule has 2 aliphatic heterocycles. The van der Waals surface area contributed by atoms with E-state index in [1.165, 1.54) is 41.8 Å². The number of β-lactam (4-membered cyclic amide) rings is 1. The maximum Gasteiger partial charge on any atom is 0.355 e. The quantitative estimate of drug-likeness (QED) is 0.319. The van der Waals surface area contributed by atoms with Crippen molar-refractivity contribution in [3.8, 4) is 11.5 Å². The van der Waals surface area contributed by atoms with Crippen molar-refractivity contribution in [3.63, 3.8) is 0 Å². The number of halogens is 1. The van der Waals surface area contributed by atoms with Crippen molar-refractivity contribution in [3.05, 3.63) is 35.0 Å². The van der Waals surface area contributed by atoms with Crippen LogP contribution in [0.5, 0.6) is 11.5 Å². The fourth-order valence-corrected chi connectivity index (χ4v) is 4.62. The summed E-state index contributed by atoms with van der Waals surface area (Å²) in [5, 5.41) is -0.399. The Morgan fingerprint density at radius 1 is 1.06 bits per heavy atom. The van der Waals surface area contributed by atoms with E-state index in [0.717, 1.165) is 6.92 Å². The van der Waals surface area contributed by atoms with Crippen molar-refractivity contribution in [2.24, 2.45) is 5.73 Å². The van der Waals surface area contributed by atoms with E-state index < -0.39 is 46.8 Å². The number of esters is 4. The maximum atomic E-state index is 12.9. The molecule has 0 saturated carbocycles. The summed E-state index contributed by atoms with van der Waals surface area (Å²) in [6.07, 6.45) is 0. The van der Waals surface area contributed by atoms with Crippen LogP contribution >= 0.6 is 24.2 Å². The van der Waals surface area contributed by atoms with Crippen LogP contribution in [-0.4, -0.2) is 64.1 Å². The molecule has 1 aromatic rings. The van der Waals surface area contributed by atoms with Crippen LogP contribution in [0.25, 0.3) is 0 Å². The molecule has 1 aromatic carbocycles. The molecule has 1 amide bonds. The number of thioether (sulfide) groups is 1. The normalized spacial score (nSPS) is 18.8. The highest BCUT2D eigenvalue weighted by Crippen LogP contribution is 2.40. The second-order valence-corrected chi connectivity index (χ2v) is 9.92. The average molecular weight is 543 g/mol. The van der Waals surface area contributed by atoms with Gasteiger partial charge in [-0.15, -0.1) is 24.2 Å². The molecular formula is C23H27ClN2O9S. The van der Waals surface area contributed by atoms with Crippen LogP contribution in [-0.2, 0) is 28.7 Å². The fraction of sp³-hybridized carbons (Fsp3) is 0.435. The molecule has 1 saturated heterocycles. The number of ether oxygens (including phenoxy) is 4. The first-order chi connectivity index (χ1) is 16.3. The van der Waals surface area contributed by atoms with Gasteiger partial charge in [-0.3, -0.25) is 19.3 Å². The third-order valence-electron chi connectivity index (χ3n) is 4.74. The number of carbonyl (C=O) groups excluding carboxylic acids is 5. The zero-order valence-electron chi connectivity index (χ0n) is 20.3. The second kappa shape index (κ2) is 11.3. The molecule has 0 unspecified atom stereocenters. The number of hydrogen-bond donors (Lipinski definition) is 1. The average Bonchev–Trinajstić information content (AvgIpc) is 2.75. The maximum absolute atomic E-state index is 12.9. The Balaban J connectivity index is 0.00000456. The number of nitrogens with zero attached hydrogens (tertiary/aromatic N) is 1. The molecule has 2 aliphatic rings. The molecule has 2 N–H and O–H groups in total. The molecule has 2 heterocycles. The molecule has 0 aromatic heterocycles. The zero-order valence-corrected chi connectivity index (χ0v) is 21.9.